The van der Waals surface area contributed by atoms with Crippen LogP contribution in [0.15, 0.2) is 16.9 Å². The summed E-state index contributed by atoms with van der Waals surface area (Å²) in [5.41, 5.74) is 7.83. The Morgan fingerprint density at radius 3 is 2.49 bits per heavy atom. The van der Waals surface area contributed by atoms with Crippen molar-refractivity contribution in [2.24, 2.45) is 5.73 Å². The van der Waals surface area contributed by atoms with Crippen molar-refractivity contribution in [1.29, 1.82) is 0 Å². The van der Waals surface area contributed by atoms with E-state index in [4.69, 9.17) is 25.0 Å². The van der Waals surface area contributed by atoms with Crippen molar-refractivity contribution < 1.29 is 24.3 Å². The molecule has 41 heavy (non-hydrogen) atoms. The topological polar surface area (TPSA) is 190 Å². The minimum atomic E-state index is -1.26. The van der Waals surface area contributed by atoms with Gasteiger partial charge in [0.05, 0.1) is 12.0 Å². The molecular weight excluding hydrogens is 530 g/mol. The van der Waals surface area contributed by atoms with Gasteiger partial charge in [-0.1, -0.05) is 12.1 Å². The van der Waals surface area contributed by atoms with E-state index < -0.39 is 24.5 Å². The van der Waals surface area contributed by atoms with Crippen LogP contribution in [0.4, 0.5) is 11.8 Å². The van der Waals surface area contributed by atoms with E-state index in [0.29, 0.717) is 48.2 Å². The van der Waals surface area contributed by atoms with Crippen LogP contribution in [0, 0.1) is 0 Å². The summed E-state index contributed by atoms with van der Waals surface area (Å²) in [4.78, 5) is 27.9. The molecule has 5 heterocycles. The Morgan fingerprint density at radius 1 is 1.07 bits per heavy atom. The van der Waals surface area contributed by atoms with E-state index in [9.17, 15) is 15.0 Å². The first-order chi connectivity index (χ1) is 19.8. The van der Waals surface area contributed by atoms with Crippen molar-refractivity contribution in [1.82, 2.24) is 29.6 Å². The number of aryl methyl sites for hydroxylation is 1. The summed E-state index contributed by atoms with van der Waals surface area (Å²) in [5, 5.41) is 32.9. The Morgan fingerprint density at radius 2 is 1.80 bits per heavy atom. The number of aliphatic hydroxyl groups excluding tert-OH is 2. The molecule has 1 saturated carbocycles. The molecule has 0 aromatic carbocycles. The van der Waals surface area contributed by atoms with Gasteiger partial charge in [-0.05, 0) is 44.9 Å². The molecule has 6 rings (SSSR count). The third-order valence-electron chi connectivity index (χ3n) is 8.54. The van der Waals surface area contributed by atoms with Crippen LogP contribution < -0.4 is 16.4 Å². The van der Waals surface area contributed by atoms with E-state index in [0.717, 1.165) is 44.2 Å². The fourth-order valence-electron chi connectivity index (χ4n) is 6.00. The van der Waals surface area contributed by atoms with Gasteiger partial charge in [0.25, 0.3) is 0 Å². The van der Waals surface area contributed by atoms with Gasteiger partial charge >= 0.3 is 0 Å². The third-order valence-corrected chi connectivity index (χ3v) is 8.54. The lowest BCUT2D eigenvalue weighted by Gasteiger charge is -2.32. The van der Waals surface area contributed by atoms with Gasteiger partial charge in [-0.25, -0.2) is 4.98 Å². The van der Waals surface area contributed by atoms with Crippen molar-refractivity contribution in [2.75, 3.05) is 23.7 Å². The first-order valence-electron chi connectivity index (χ1n) is 14.6. The Bertz CT molecular complexity index is 1360. The number of anilines is 2. The molecule has 1 amide bonds. The average molecular weight is 570 g/mol. The van der Waals surface area contributed by atoms with Crippen molar-refractivity contribution in [3.8, 4) is 0 Å². The summed E-state index contributed by atoms with van der Waals surface area (Å²) in [7, 11) is 0. The predicted octanol–water partition coefficient (Wildman–Crippen LogP) is 1.47. The smallest absolute Gasteiger partial charge is 0.227 e. The van der Waals surface area contributed by atoms with E-state index in [1.165, 1.54) is 0 Å². The van der Waals surface area contributed by atoms with Crippen molar-refractivity contribution in [2.45, 2.75) is 101 Å². The van der Waals surface area contributed by atoms with E-state index in [-0.39, 0.29) is 24.0 Å². The Balaban J connectivity index is 1.30. The summed E-state index contributed by atoms with van der Waals surface area (Å²) < 4.78 is 13.2. The predicted molar refractivity (Wildman–Crippen MR) is 149 cm³/mol. The normalized spacial score (nSPS) is 29.2. The number of carbonyl (C=O) groups is 1. The number of nitrogens with zero attached hydrogens (tertiary/aromatic N) is 6. The van der Waals surface area contributed by atoms with E-state index in [1.807, 2.05) is 11.8 Å². The highest BCUT2D eigenvalue weighted by molar-refractivity contribution is 5.84. The second-order valence-electron chi connectivity index (χ2n) is 11.4. The van der Waals surface area contributed by atoms with Crippen LogP contribution >= 0.6 is 0 Å². The van der Waals surface area contributed by atoms with Crippen molar-refractivity contribution in [3.05, 3.63) is 23.8 Å². The number of aromatic nitrogens is 5. The highest BCUT2D eigenvalue weighted by Crippen LogP contribution is 2.40. The van der Waals surface area contributed by atoms with Gasteiger partial charge in [-0.3, -0.25) is 9.36 Å². The zero-order chi connectivity index (χ0) is 28.7. The zero-order valence-electron chi connectivity index (χ0n) is 23.4. The number of hydrogen-bond donors (Lipinski definition) is 5. The SMILES string of the molecule is CCc1cc([C@H]2O[C@@H](n3cnc4c(NC5CCN(C(C)=O)CC5)nc(N[C@H]5CC[C@H](N)CC5)nc43)[C@H](O)[C@@H]2O)on1. The number of aliphatic hydroxyl groups is 2. The monoisotopic (exact) mass is 569 g/mol. The third kappa shape index (κ3) is 5.61. The van der Waals surface area contributed by atoms with Gasteiger partial charge < -0.3 is 40.7 Å². The first-order valence-corrected chi connectivity index (χ1v) is 14.6. The largest absolute Gasteiger partial charge is 0.387 e. The lowest BCUT2D eigenvalue weighted by molar-refractivity contribution is -0.129. The lowest BCUT2D eigenvalue weighted by Crippen LogP contribution is -2.41. The molecule has 3 aromatic rings. The number of carbonyl (C=O) groups excluding carboxylic acids is 1. The zero-order valence-corrected chi connectivity index (χ0v) is 23.4. The van der Waals surface area contributed by atoms with Crippen molar-refractivity contribution in [3.63, 3.8) is 0 Å². The second-order valence-corrected chi connectivity index (χ2v) is 11.4. The number of likely N-dealkylation sites (tertiary alicyclic amines) is 1. The number of hydrogen-bond acceptors (Lipinski definition) is 12. The van der Waals surface area contributed by atoms with Crippen molar-refractivity contribution >= 4 is 28.8 Å². The van der Waals surface area contributed by atoms with Crippen LogP contribution in [0.2, 0.25) is 0 Å². The van der Waals surface area contributed by atoms with Gasteiger partial charge in [0.2, 0.25) is 11.9 Å². The number of imidazole rings is 1. The molecule has 1 aliphatic carbocycles. The summed E-state index contributed by atoms with van der Waals surface area (Å²) in [6, 6.07) is 2.24. The van der Waals surface area contributed by atoms with Gasteiger partial charge in [-0.2, -0.15) is 9.97 Å². The number of nitrogens with one attached hydrogen (secondary N) is 2. The molecule has 2 aliphatic heterocycles. The highest BCUT2D eigenvalue weighted by Gasteiger charge is 2.47. The van der Waals surface area contributed by atoms with Gasteiger partial charge in [0, 0.05) is 44.2 Å². The molecule has 0 unspecified atom stereocenters. The minimum Gasteiger partial charge on any atom is -0.387 e. The molecule has 6 N–H and O–H groups in total. The highest BCUT2D eigenvalue weighted by atomic mass is 16.6. The maximum atomic E-state index is 11.8. The molecule has 3 aromatic heterocycles. The fourth-order valence-corrected chi connectivity index (χ4v) is 6.00. The molecule has 14 heteroatoms. The van der Waals surface area contributed by atoms with E-state index >= 15 is 0 Å². The standard InChI is InChI=1S/C27H39N9O5/c1-3-16-12-19(41-34-16)23-21(38)22(39)26(40-23)36-13-29-20-24(30-18-8-10-35(11-9-18)14(2)37)32-27(33-25(20)36)31-17-6-4-15(28)5-7-17/h12-13,15,17-18,21-23,26,38-39H,3-11,28H2,1-2H3,(H2,30,31,32,33)/t15-,17-,21-,22+,23+,26+/m0/s1. The number of rotatable bonds is 7. The van der Waals surface area contributed by atoms with Crippen LogP contribution in [-0.2, 0) is 16.0 Å². The molecule has 0 radical (unpaired) electrons. The number of nitrogens with two attached hydrogens (primary N) is 1. The molecule has 3 fully saturated rings. The van der Waals surface area contributed by atoms with E-state index in [1.54, 1.807) is 23.9 Å². The first kappa shape index (κ1) is 27.8. The van der Waals surface area contributed by atoms with Gasteiger partial charge in [0.1, 0.15) is 18.3 Å². The van der Waals surface area contributed by atoms with Crippen LogP contribution in [-0.4, -0.2) is 89.1 Å². The number of piperidine rings is 1. The molecule has 0 spiro atoms. The summed E-state index contributed by atoms with van der Waals surface area (Å²) >= 11 is 0. The number of ether oxygens (including phenoxy) is 1. The molecule has 3 aliphatic rings. The Kier molecular flexibility index (Phi) is 7.81. The molecular formula is C27H39N9O5. The number of amides is 1. The maximum absolute atomic E-state index is 11.8. The van der Waals surface area contributed by atoms with Crippen LogP contribution in [0.3, 0.4) is 0 Å². The molecule has 0 bridgehead atoms. The van der Waals surface area contributed by atoms with Gasteiger partial charge in [0.15, 0.2) is 29.0 Å². The Hall–Kier alpha value is -3.33. The fraction of sp³-hybridized carbons (Fsp3) is 0.667. The van der Waals surface area contributed by atoms with E-state index in [2.05, 4.69) is 20.8 Å². The Labute approximate surface area is 237 Å². The summed E-state index contributed by atoms with van der Waals surface area (Å²) in [6.07, 6.45) is 3.15. The maximum Gasteiger partial charge on any atom is 0.227 e. The van der Waals surface area contributed by atoms with Crippen LogP contribution in [0.25, 0.3) is 11.2 Å². The van der Waals surface area contributed by atoms with Crippen LogP contribution in [0.1, 0.15) is 76.2 Å². The number of fused-ring (bicyclic) bond motifs is 1. The minimum absolute atomic E-state index is 0.0807. The quantitative estimate of drug-likeness (QED) is 0.276. The molecule has 14 nitrogen and oxygen atoms in total. The van der Waals surface area contributed by atoms with Crippen LogP contribution in [0.5, 0.6) is 0 Å². The lowest BCUT2D eigenvalue weighted by atomic mass is 9.92. The molecule has 2 saturated heterocycles. The molecule has 4 atom stereocenters. The molecule has 222 valence electrons. The average Bonchev–Trinajstić information content (AvgIpc) is 3.68. The summed E-state index contributed by atoms with van der Waals surface area (Å²) in [5.74, 6) is 1.44. The summed E-state index contributed by atoms with van der Waals surface area (Å²) in [6.45, 7) is 4.89. The second kappa shape index (κ2) is 11.5. The van der Waals surface area contributed by atoms with Gasteiger partial charge in [-0.15, -0.1) is 0 Å².